The standard InChI is InChI=1S/C15H22N2O3/c1-3-15(16-6-8-19-9-7-16)17-11(2)20-14-10-12(18)4-5-13(14)17/h5,10-11,15H,3-4,6-9H2,1-2H3. The minimum Gasteiger partial charge on any atom is -0.468 e. The van der Waals surface area contributed by atoms with Gasteiger partial charge in [-0.2, -0.15) is 0 Å². The lowest BCUT2D eigenvalue weighted by Crippen LogP contribution is -2.52. The molecule has 0 aromatic heterocycles. The molecule has 2 unspecified atom stereocenters. The average Bonchev–Trinajstić information content (AvgIpc) is 2.77. The van der Waals surface area contributed by atoms with Crippen molar-refractivity contribution in [1.29, 1.82) is 0 Å². The zero-order valence-electron chi connectivity index (χ0n) is 12.2. The van der Waals surface area contributed by atoms with E-state index in [4.69, 9.17) is 9.47 Å². The third kappa shape index (κ3) is 2.36. The van der Waals surface area contributed by atoms with Crippen LogP contribution in [0.25, 0.3) is 0 Å². The minimum atomic E-state index is -0.0220. The summed E-state index contributed by atoms with van der Waals surface area (Å²) in [6.45, 7) is 7.73. The van der Waals surface area contributed by atoms with E-state index in [2.05, 4.69) is 16.7 Å². The van der Waals surface area contributed by atoms with E-state index in [0.29, 0.717) is 12.6 Å². The van der Waals surface area contributed by atoms with E-state index < -0.39 is 0 Å². The van der Waals surface area contributed by atoms with Crippen LogP contribution in [0, 0.1) is 0 Å². The molecule has 0 amide bonds. The Kier molecular flexibility index (Phi) is 3.81. The monoisotopic (exact) mass is 278 g/mol. The Morgan fingerprint density at radius 1 is 1.40 bits per heavy atom. The predicted molar refractivity (Wildman–Crippen MR) is 74.6 cm³/mol. The van der Waals surface area contributed by atoms with Gasteiger partial charge in [0.2, 0.25) is 0 Å². The van der Waals surface area contributed by atoms with Crippen LogP contribution in [0.4, 0.5) is 0 Å². The number of carbonyl (C=O) groups is 1. The van der Waals surface area contributed by atoms with Crippen molar-refractivity contribution >= 4 is 5.78 Å². The van der Waals surface area contributed by atoms with E-state index in [1.807, 2.05) is 13.0 Å². The maximum atomic E-state index is 11.5. The minimum absolute atomic E-state index is 0.0220. The zero-order valence-corrected chi connectivity index (χ0v) is 12.2. The fraction of sp³-hybridized carbons (Fsp3) is 0.667. The molecule has 2 heterocycles. The largest absolute Gasteiger partial charge is 0.468 e. The first-order valence-electron chi connectivity index (χ1n) is 7.42. The number of ketones is 1. The van der Waals surface area contributed by atoms with Crippen LogP contribution in [-0.2, 0) is 14.3 Å². The Labute approximate surface area is 119 Å². The molecule has 2 atom stereocenters. The molecule has 0 saturated carbocycles. The van der Waals surface area contributed by atoms with Crippen LogP contribution in [0.1, 0.15) is 26.7 Å². The highest BCUT2D eigenvalue weighted by Crippen LogP contribution is 2.36. The molecule has 0 N–H and O–H groups in total. The molecule has 110 valence electrons. The van der Waals surface area contributed by atoms with E-state index in [9.17, 15) is 4.79 Å². The fourth-order valence-electron chi connectivity index (χ4n) is 3.25. The lowest BCUT2D eigenvalue weighted by molar-refractivity contribution is -0.114. The first-order valence-corrected chi connectivity index (χ1v) is 7.42. The number of morpholine rings is 1. The predicted octanol–water partition coefficient (Wildman–Crippen LogP) is 1.47. The van der Waals surface area contributed by atoms with Crippen LogP contribution in [-0.4, -0.2) is 54.3 Å². The van der Waals surface area contributed by atoms with Crippen LogP contribution in [0.2, 0.25) is 0 Å². The Balaban J connectivity index is 1.83. The molecule has 0 radical (unpaired) electrons. The second kappa shape index (κ2) is 5.58. The number of nitrogens with zero attached hydrogens (tertiary/aromatic N) is 2. The summed E-state index contributed by atoms with van der Waals surface area (Å²) >= 11 is 0. The van der Waals surface area contributed by atoms with E-state index in [-0.39, 0.29) is 12.0 Å². The molecular formula is C15H22N2O3. The van der Waals surface area contributed by atoms with Gasteiger partial charge in [-0.3, -0.25) is 9.69 Å². The SMILES string of the molecule is CCC(N1CCOCC1)N1C2=CCC(=O)C=C2OC1C. The summed E-state index contributed by atoms with van der Waals surface area (Å²) < 4.78 is 11.3. The Morgan fingerprint density at radius 3 is 2.85 bits per heavy atom. The molecule has 2 saturated heterocycles. The number of carbonyl (C=O) groups excluding carboxylic acids is 1. The molecule has 0 aromatic rings. The van der Waals surface area contributed by atoms with Gasteiger partial charge >= 0.3 is 0 Å². The Hall–Kier alpha value is -1.33. The van der Waals surface area contributed by atoms with Gasteiger partial charge in [-0.15, -0.1) is 0 Å². The molecule has 0 spiro atoms. The molecule has 20 heavy (non-hydrogen) atoms. The number of ether oxygens (including phenoxy) is 2. The summed E-state index contributed by atoms with van der Waals surface area (Å²) in [4.78, 5) is 16.3. The van der Waals surface area contributed by atoms with Crippen LogP contribution in [0.3, 0.4) is 0 Å². The van der Waals surface area contributed by atoms with Crippen molar-refractivity contribution < 1.29 is 14.3 Å². The van der Waals surface area contributed by atoms with Crippen molar-refractivity contribution in [2.75, 3.05) is 26.3 Å². The second-order valence-electron chi connectivity index (χ2n) is 5.43. The van der Waals surface area contributed by atoms with Crippen LogP contribution in [0.5, 0.6) is 0 Å². The summed E-state index contributed by atoms with van der Waals surface area (Å²) in [5.41, 5.74) is 1.08. The first kappa shape index (κ1) is 13.6. The number of rotatable bonds is 3. The average molecular weight is 278 g/mol. The molecule has 2 fully saturated rings. The van der Waals surface area contributed by atoms with E-state index in [0.717, 1.165) is 44.2 Å². The molecule has 0 aromatic carbocycles. The first-order chi connectivity index (χ1) is 9.70. The third-order valence-electron chi connectivity index (χ3n) is 4.16. The van der Waals surface area contributed by atoms with Crippen LogP contribution < -0.4 is 0 Å². The summed E-state index contributed by atoms with van der Waals surface area (Å²) in [7, 11) is 0. The van der Waals surface area contributed by atoms with Gasteiger partial charge in [-0.1, -0.05) is 6.92 Å². The topological polar surface area (TPSA) is 42.0 Å². The van der Waals surface area contributed by atoms with Gasteiger partial charge in [0.1, 0.15) is 5.76 Å². The van der Waals surface area contributed by atoms with Crippen molar-refractivity contribution in [2.24, 2.45) is 0 Å². The summed E-state index contributed by atoms with van der Waals surface area (Å²) in [6.07, 6.45) is 5.42. The third-order valence-corrected chi connectivity index (χ3v) is 4.16. The summed E-state index contributed by atoms with van der Waals surface area (Å²) in [5.74, 6) is 0.859. The molecule has 3 aliphatic rings. The Bertz CT molecular complexity index is 452. The number of hydrogen-bond donors (Lipinski definition) is 0. The van der Waals surface area contributed by atoms with E-state index in [1.165, 1.54) is 0 Å². The fourth-order valence-corrected chi connectivity index (χ4v) is 3.25. The van der Waals surface area contributed by atoms with Gasteiger partial charge in [0, 0.05) is 25.6 Å². The van der Waals surface area contributed by atoms with E-state index >= 15 is 0 Å². The van der Waals surface area contributed by atoms with Crippen molar-refractivity contribution in [3.8, 4) is 0 Å². The quantitative estimate of drug-likeness (QED) is 0.782. The maximum absolute atomic E-state index is 11.5. The van der Waals surface area contributed by atoms with Gasteiger partial charge in [0.05, 0.1) is 25.1 Å². The van der Waals surface area contributed by atoms with E-state index in [1.54, 1.807) is 6.08 Å². The summed E-state index contributed by atoms with van der Waals surface area (Å²) in [5, 5.41) is 0. The highest BCUT2D eigenvalue weighted by Gasteiger charge is 2.39. The molecule has 1 aliphatic carbocycles. The van der Waals surface area contributed by atoms with Crippen LogP contribution >= 0.6 is 0 Å². The molecular weight excluding hydrogens is 256 g/mol. The molecule has 5 heteroatoms. The van der Waals surface area contributed by atoms with Gasteiger partial charge in [0.25, 0.3) is 0 Å². The highest BCUT2D eigenvalue weighted by atomic mass is 16.5. The highest BCUT2D eigenvalue weighted by molar-refractivity contribution is 5.93. The molecule has 0 bridgehead atoms. The maximum Gasteiger partial charge on any atom is 0.170 e. The van der Waals surface area contributed by atoms with Crippen molar-refractivity contribution in [2.45, 2.75) is 39.1 Å². The molecule has 3 rings (SSSR count). The summed E-state index contributed by atoms with van der Waals surface area (Å²) in [6, 6.07) is 0. The normalized spacial score (nSPS) is 28.6. The smallest absolute Gasteiger partial charge is 0.170 e. The number of hydrogen-bond acceptors (Lipinski definition) is 5. The lowest BCUT2D eigenvalue weighted by Gasteiger charge is -2.41. The Morgan fingerprint density at radius 2 is 2.15 bits per heavy atom. The second-order valence-corrected chi connectivity index (χ2v) is 5.43. The van der Waals surface area contributed by atoms with Crippen molar-refractivity contribution in [3.63, 3.8) is 0 Å². The van der Waals surface area contributed by atoms with Gasteiger partial charge in [-0.25, -0.2) is 0 Å². The van der Waals surface area contributed by atoms with Crippen molar-refractivity contribution in [1.82, 2.24) is 9.80 Å². The van der Waals surface area contributed by atoms with Gasteiger partial charge in [0.15, 0.2) is 12.0 Å². The number of fused-ring (bicyclic) bond motifs is 1. The number of allylic oxidation sites excluding steroid dienone is 2. The molecule has 2 aliphatic heterocycles. The van der Waals surface area contributed by atoms with Crippen molar-refractivity contribution in [3.05, 3.63) is 23.6 Å². The van der Waals surface area contributed by atoms with Crippen LogP contribution in [0.15, 0.2) is 23.6 Å². The van der Waals surface area contributed by atoms with Gasteiger partial charge < -0.3 is 14.4 Å². The lowest BCUT2D eigenvalue weighted by atomic mass is 10.1. The molecule has 5 nitrogen and oxygen atoms in total. The van der Waals surface area contributed by atoms with Gasteiger partial charge in [-0.05, 0) is 19.4 Å². The zero-order chi connectivity index (χ0) is 14.1.